The molecule has 0 bridgehead atoms. The Morgan fingerprint density at radius 1 is 0.246 bits per heavy atom. The van der Waals surface area contributed by atoms with Crippen molar-refractivity contribution >= 4 is 65.4 Å². The third-order valence-electron chi connectivity index (χ3n) is 11.8. The fraction of sp³-hybridized carbons (Fsp3) is 0. The van der Waals surface area contributed by atoms with E-state index in [2.05, 4.69) is 226 Å². The maximum atomic E-state index is 2.54. The van der Waals surface area contributed by atoms with Crippen molar-refractivity contribution in [3.63, 3.8) is 0 Å². The molecule has 3 heterocycles. The van der Waals surface area contributed by atoms with Gasteiger partial charge in [-0.15, -0.1) is 0 Å². The highest BCUT2D eigenvalue weighted by molar-refractivity contribution is 6.27. The molecule has 57 heavy (non-hydrogen) atoms. The zero-order chi connectivity index (χ0) is 37.5. The average Bonchev–Trinajstić information content (AvgIpc) is 3.93. The van der Waals surface area contributed by atoms with Crippen LogP contribution in [0.15, 0.2) is 212 Å². The molecule has 3 nitrogen and oxygen atoms in total. The fourth-order valence-corrected chi connectivity index (χ4v) is 9.39. The molecule has 0 spiro atoms. The summed E-state index contributed by atoms with van der Waals surface area (Å²) < 4.78 is 7.42. The lowest BCUT2D eigenvalue weighted by molar-refractivity contribution is 1.17. The molecule has 0 saturated carbocycles. The zero-order valence-corrected chi connectivity index (χ0v) is 31.0. The van der Waals surface area contributed by atoms with Crippen molar-refractivity contribution in [2.24, 2.45) is 0 Å². The van der Waals surface area contributed by atoms with Gasteiger partial charge in [0.05, 0.1) is 38.8 Å². The van der Waals surface area contributed by atoms with Gasteiger partial charge in [0.1, 0.15) is 0 Å². The largest absolute Gasteiger partial charge is 0.309 e. The molecule has 0 aliphatic carbocycles. The van der Waals surface area contributed by atoms with Gasteiger partial charge in [-0.1, -0.05) is 152 Å². The van der Waals surface area contributed by atoms with Gasteiger partial charge in [0.25, 0.3) is 0 Å². The third-order valence-corrected chi connectivity index (χ3v) is 11.8. The Morgan fingerprint density at radius 3 is 1.44 bits per heavy atom. The van der Waals surface area contributed by atoms with Crippen LogP contribution in [0.2, 0.25) is 0 Å². The zero-order valence-electron chi connectivity index (χ0n) is 31.0. The lowest BCUT2D eigenvalue weighted by Crippen LogP contribution is -1.97. The molecular formula is C54H35N3. The van der Waals surface area contributed by atoms with Crippen molar-refractivity contribution in [2.75, 3.05) is 0 Å². The Balaban J connectivity index is 1.16. The Labute approximate surface area is 329 Å². The van der Waals surface area contributed by atoms with E-state index in [1.54, 1.807) is 0 Å². The van der Waals surface area contributed by atoms with Gasteiger partial charge in [-0.2, -0.15) is 0 Å². The van der Waals surface area contributed by atoms with Gasteiger partial charge in [0.2, 0.25) is 0 Å². The molecule has 0 atom stereocenters. The molecule has 12 aromatic rings. The van der Waals surface area contributed by atoms with Crippen molar-refractivity contribution in [3.05, 3.63) is 212 Å². The molecule has 0 N–H and O–H groups in total. The summed E-state index contributed by atoms with van der Waals surface area (Å²) in [5, 5.41) is 7.44. The predicted molar refractivity (Wildman–Crippen MR) is 240 cm³/mol. The molecular weight excluding hydrogens is 691 g/mol. The van der Waals surface area contributed by atoms with Gasteiger partial charge in [0.15, 0.2) is 0 Å². The van der Waals surface area contributed by atoms with Crippen LogP contribution in [-0.4, -0.2) is 13.7 Å². The summed E-state index contributed by atoms with van der Waals surface area (Å²) in [4.78, 5) is 0. The second kappa shape index (κ2) is 12.5. The van der Waals surface area contributed by atoms with Crippen molar-refractivity contribution in [1.29, 1.82) is 0 Å². The number of hydrogen-bond donors (Lipinski definition) is 0. The maximum absolute atomic E-state index is 2.54. The van der Waals surface area contributed by atoms with Crippen molar-refractivity contribution in [1.82, 2.24) is 13.7 Å². The van der Waals surface area contributed by atoms with E-state index in [0.717, 1.165) is 11.4 Å². The second-order valence-corrected chi connectivity index (χ2v) is 14.9. The van der Waals surface area contributed by atoms with Gasteiger partial charge >= 0.3 is 0 Å². The van der Waals surface area contributed by atoms with E-state index >= 15 is 0 Å². The standard InChI is InChI=1S/C54H35N3/c1-3-15-36(16-4-1)38-29-31-40(32-30-38)55-47-25-11-8-22-44(47)52-49(55)27-14-28-50(52)57-46-24-10-7-21-42(46)43-33-34-51-53(54(43)57)45-23-9-12-26-48(45)56(51)41-20-13-19-39(35-41)37-17-5-2-6-18-37/h1-35H. The Morgan fingerprint density at radius 2 is 0.737 bits per heavy atom. The average molecular weight is 726 g/mol. The Kier molecular flexibility index (Phi) is 6.93. The molecule has 0 fully saturated rings. The number of para-hydroxylation sites is 3. The van der Waals surface area contributed by atoms with Crippen LogP contribution < -0.4 is 0 Å². The number of aromatic nitrogens is 3. The highest BCUT2D eigenvalue weighted by Crippen LogP contribution is 2.45. The van der Waals surface area contributed by atoms with Gasteiger partial charge in [-0.25, -0.2) is 0 Å². The number of hydrogen-bond acceptors (Lipinski definition) is 0. The van der Waals surface area contributed by atoms with Crippen LogP contribution in [0, 0.1) is 0 Å². The van der Waals surface area contributed by atoms with Crippen LogP contribution in [0.5, 0.6) is 0 Å². The smallest absolute Gasteiger partial charge is 0.0641 e. The van der Waals surface area contributed by atoms with E-state index in [0.29, 0.717) is 0 Å². The van der Waals surface area contributed by atoms with Crippen molar-refractivity contribution in [2.45, 2.75) is 0 Å². The first-order valence-electron chi connectivity index (χ1n) is 19.6. The molecule has 9 aromatic carbocycles. The molecule has 0 amide bonds. The van der Waals surface area contributed by atoms with E-state index in [1.807, 2.05) is 0 Å². The topological polar surface area (TPSA) is 14.8 Å². The fourth-order valence-electron chi connectivity index (χ4n) is 9.39. The second-order valence-electron chi connectivity index (χ2n) is 14.9. The van der Waals surface area contributed by atoms with E-state index in [-0.39, 0.29) is 0 Å². The molecule has 266 valence electrons. The SMILES string of the molecule is c1ccc(-c2ccc(-n3c4ccccc4c4c(-n5c6ccccc6c6ccc7c(c8ccccc8n7-c7cccc(-c8ccccc8)c7)c65)cccc43)cc2)cc1. The van der Waals surface area contributed by atoms with Crippen LogP contribution in [0.1, 0.15) is 0 Å². The summed E-state index contributed by atoms with van der Waals surface area (Å²) in [5.41, 5.74) is 15.5. The first kappa shape index (κ1) is 31.7. The summed E-state index contributed by atoms with van der Waals surface area (Å²) in [6.07, 6.45) is 0. The van der Waals surface area contributed by atoms with E-state index in [9.17, 15) is 0 Å². The van der Waals surface area contributed by atoms with E-state index < -0.39 is 0 Å². The maximum Gasteiger partial charge on any atom is 0.0641 e. The van der Waals surface area contributed by atoms with E-state index in [1.165, 1.54) is 93.4 Å². The van der Waals surface area contributed by atoms with Gasteiger partial charge < -0.3 is 13.7 Å². The highest BCUT2D eigenvalue weighted by atomic mass is 15.0. The Bertz CT molecular complexity index is 3490. The van der Waals surface area contributed by atoms with Crippen LogP contribution in [0.3, 0.4) is 0 Å². The summed E-state index contributed by atoms with van der Waals surface area (Å²) in [6, 6.07) is 77.3. The summed E-state index contributed by atoms with van der Waals surface area (Å²) >= 11 is 0. The minimum atomic E-state index is 1.14. The number of rotatable bonds is 5. The van der Waals surface area contributed by atoms with Crippen molar-refractivity contribution < 1.29 is 0 Å². The number of nitrogens with zero attached hydrogens (tertiary/aromatic N) is 3. The molecule has 0 radical (unpaired) electrons. The molecule has 3 aromatic heterocycles. The summed E-state index contributed by atoms with van der Waals surface area (Å²) in [6.45, 7) is 0. The van der Waals surface area contributed by atoms with Gasteiger partial charge in [0, 0.05) is 43.7 Å². The number of benzene rings is 9. The van der Waals surface area contributed by atoms with Crippen LogP contribution in [0.4, 0.5) is 0 Å². The monoisotopic (exact) mass is 725 g/mol. The summed E-state index contributed by atoms with van der Waals surface area (Å²) in [7, 11) is 0. The lowest BCUT2D eigenvalue weighted by Gasteiger charge is -2.13. The van der Waals surface area contributed by atoms with Crippen LogP contribution in [-0.2, 0) is 0 Å². The quantitative estimate of drug-likeness (QED) is 0.168. The normalized spacial score (nSPS) is 11.9. The Hall–Kier alpha value is -7.62. The summed E-state index contributed by atoms with van der Waals surface area (Å²) in [5.74, 6) is 0. The van der Waals surface area contributed by atoms with Gasteiger partial charge in [-0.05, 0) is 82.9 Å². The van der Waals surface area contributed by atoms with Gasteiger partial charge in [-0.3, -0.25) is 0 Å². The predicted octanol–water partition coefficient (Wildman–Crippen LogP) is 14.3. The highest BCUT2D eigenvalue weighted by Gasteiger charge is 2.23. The number of fused-ring (bicyclic) bond motifs is 10. The minimum Gasteiger partial charge on any atom is -0.309 e. The van der Waals surface area contributed by atoms with E-state index in [4.69, 9.17) is 0 Å². The minimum absolute atomic E-state index is 1.14. The van der Waals surface area contributed by atoms with Crippen LogP contribution in [0.25, 0.3) is 105 Å². The van der Waals surface area contributed by atoms with Crippen molar-refractivity contribution in [3.8, 4) is 39.3 Å². The molecule has 3 heteroatoms. The first-order valence-corrected chi connectivity index (χ1v) is 19.6. The van der Waals surface area contributed by atoms with Crippen LogP contribution >= 0.6 is 0 Å². The third kappa shape index (κ3) is 4.73. The molecule has 0 saturated heterocycles. The molecule has 0 aliphatic heterocycles. The first-order chi connectivity index (χ1) is 28.3. The molecule has 12 rings (SSSR count). The lowest BCUT2D eigenvalue weighted by atomic mass is 10.1. The molecule has 0 aliphatic rings. The molecule has 0 unspecified atom stereocenters.